The average Bonchev–Trinajstić information content (AvgIpc) is 2.70. The summed E-state index contributed by atoms with van der Waals surface area (Å²) < 4.78 is 0. The Morgan fingerprint density at radius 2 is 1.79 bits per heavy atom. The third-order valence-electron chi connectivity index (χ3n) is 4.96. The number of nitrogens with zero attached hydrogens (tertiary/aromatic N) is 2. The van der Waals surface area contributed by atoms with Crippen LogP contribution in [0.1, 0.15) is 43.5 Å². The summed E-state index contributed by atoms with van der Waals surface area (Å²) in [5, 5.41) is 18.6. The van der Waals surface area contributed by atoms with Gasteiger partial charge in [-0.2, -0.15) is 0 Å². The molecule has 7 nitrogen and oxygen atoms in total. The topological polar surface area (TPSA) is 89.0 Å². The molecule has 1 saturated heterocycles. The van der Waals surface area contributed by atoms with E-state index in [0.29, 0.717) is 18.7 Å². The number of likely N-dealkylation sites (tertiary alicyclic amines) is 1. The second kappa shape index (κ2) is 14.4. The highest BCUT2D eigenvalue weighted by atomic mass is 127. The molecule has 164 valence electrons. The monoisotopic (exact) mass is 517 g/mol. The van der Waals surface area contributed by atoms with Crippen LogP contribution < -0.4 is 16.0 Å². The van der Waals surface area contributed by atoms with Crippen LogP contribution in [0.25, 0.3) is 0 Å². The Balaban J connectivity index is 0.00000420. The van der Waals surface area contributed by atoms with Gasteiger partial charge in [-0.15, -0.1) is 24.0 Å². The minimum absolute atomic E-state index is 0. The van der Waals surface area contributed by atoms with Crippen molar-refractivity contribution in [1.29, 1.82) is 0 Å². The predicted molar refractivity (Wildman–Crippen MR) is 129 cm³/mol. The van der Waals surface area contributed by atoms with Gasteiger partial charge in [0.15, 0.2) is 5.96 Å². The Hall–Kier alpha value is -1.55. The lowest BCUT2D eigenvalue weighted by atomic mass is 9.99. The predicted octanol–water partition coefficient (Wildman–Crippen LogP) is 2.42. The maximum atomic E-state index is 12.0. The van der Waals surface area contributed by atoms with E-state index in [1.165, 1.54) is 38.1 Å². The molecule has 1 aromatic carbocycles. The number of piperidine rings is 1. The zero-order valence-corrected chi connectivity index (χ0v) is 19.9. The minimum atomic E-state index is -0.153. The first kappa shape index (κ1) is 25.5. The summed E-state index contributed by atoms with van der Waals surface area (Å²) in [5.74, 6) is 1.65. The van der Waals surface area contributed by atoms with Crippen LogP contribution in [-0.2, 0) is 0 Å². The highest BCUT2D eigenvalue weighted by molar-refractivity contribution is 14.0. The van der Waals surface area contributed by atoms with E-state index in [2.05, 4.69) is 32.8 Å². The Bertz CT molecular complexity index is 616. The first-order valence-corrected chi connectivity index (χ1v) is 10.4. The maximum Gasteiger partial charge on any atom is 0.251 e. The van der Waals surface area contributed by atoms with Crippen LogP contribution in [0.15, 0.2) is 29.3 Å². The lowest BCUT2D eigenvalue weighted by Crippen LogP contribution is -2.41. The number of benzene rings is 1. The molecule has 0 unspecified atom stereocenters. The SMILES string of the molecule is CCNC(=NCCCN1CCC(C)CC1)NCCNC(=O)c1ccc(O)cc1.I. The molecular formula is C21H36IN5O2. The number of carbonyl (C=O) groups is 1. The molecule has 0 aromatic heterocycles. The van der Waals surface area contributed by atoms with E-state index in [4.69, 9.17) is 0 Å². The van der Waals surface area contributed by atoms with Crippen molar-refractivity contribution >= 4 is 35.8 Å². The molecule has 2 rings (SSSR count). The fourth-order valence-corrected chi connectivity index (χ4v) is 3.18. The van der Waals surface area contributed by atoms with E-state index in [1.807, 2.05) is 6.92 Å². The van der Waals surface area contributed by atoms with Crippen molar-refractivity contribution in [2.75, 3.05) is 45.8 Å². The van der Waals surface area contributed by atoms with Crippen molar-refractivity contribution in [2.24, 2.45) is 10.9 Å². The molecule has 0 bridgehead atoms. The second-order valence-corrected chi connectivity index (χ2v) is 7.37. The number of rotatable bonds is 9. The highest BCUT2D eigenvalue weighted by Gasteiger charge is 2.14. The number of hydrogen-bond acceptors (Lipinski definition) is 4. The largest absolute Gasteiger partial charge is 0.508 e. The number of halogens is 1. The molecule has 1 aliphatic heterocycles. The summed E-state index contributed by atoms with van der Waals surface area (Å²) in [6.45, 7) is 10.6. The van der Waals surface area contributed by atoms with Crippen molar-refractivity contribution in [3.63, 3.8) is 0 Å². The van der Waals surface area contributed by atoms with Crippen molar-refractivity contribution in [2.45, 2.75) is 33.1 Å². The normalized spacial score (nSPS) is 15.4. The summed E-state index contributed by atoms with van der Waals surface area (Å²) >= 11 is 0. The third kappa shape index (κ3) is 10.2. The van der Waals surface area contributed by atoms with Crippen LogP contribution in [-0.4, -0.2) is 67.7 Å². The van der Waals surface area contributed by atoms with Crippen LogP contribution in [0.3, 0.4) is 0 Å². The summed E-state index contributed by atoms with van der Waals surface area (Å²) in [6.07, 6.45) is 3.68. The van der Waals surface area contributed by atoms with Gasteiger partial charge < -0.3 is 26.0 Å². The minimum Gasteiger partial charge on any atom is -0.508 e. The quantitative estimate of drug-likeness (QED) is 0.175. The van der Waals surface area contributed by atoms with Crippen LogP contribution in [0.2, 0.25) is 0 Å². The molecule has 1 fully saturated rings. The first-order valence-electron chi connectivity index (χ1n) is 10.4. The fourth-order valence-electron chi connectivity index (χ4n) is 3.18. The van der Waals surface area contributed by atoms with E-state index >= 15 is 0 Å². The van der Waals surface area contributed by atoms with Gasteiger partial charge in [-0.1, -0.05) is 6.92 Å². The molecule has 29 heavy (non-hydrogen) atoms. The smallest absolute Gasteiger partial charge is 0.251 e. The van der Waals surface area contributed by atoms with E-state index in [9.17, 15) is 9.90 Å². The lowest BCUT2D eigenvalue weighted by molar-refractivity contribution is 0.0954. The summed E-state index contributed by atoms with van der Waals surface area (Å²) in [6, 6.07) is 6.22. The van der Waals surface area contributed by atoms with Gasteiger partial charge in [0.25, 0.3) is 5.91 Å². The molecule has 0 aliphatic carbocycles. The van der Waals surface area contributed by atoms with E-state index in [0.717, 1.165) is 37.9 Å². The first-order chi connectivity index (χ1) is 13.6. The molecule has 1 aliphatic rings. The molecule has 0 atom stereocenters. The van der Waals surface area contributed by atoms with Crippen molar-refractivity contribution < 1.29 is 9.90 Å². The molecule has 0 spiro atoms. The van der Waals surface area contributed by atoms with Gasteiger partial charge >= 0.3 is 0 Å². The van der Waals surface area contributed by atoms with E-state index in [-0.39, 0.29) is 35.6 Å². The number of carbonyl (C=O) groups excluding carboxylic acids is 1. The number of hydrogen-bond donors (Lipinski definition) is 4. The fraction of sp³-hybridized carbons (Fsp3) is 0.619. The number of nitrogens with one attached hydrogen (secondary N) is 3. The van der Waals surface area contributed by atoms with Gasteiger partial charge in [-0.05, 0) is 76.0 Å². The summed E-state index contributed by atoms with van der Waals surface area (Å²) in [5.41, 5.74) is 0.533. The summed E-state index contributed by atoms with van der Waals surface area (Å²) in [7, 11) is 0. The number of phenolic OH excluding ortho intramolecular Hbond substituents is 1. The number of aliphatic imine (C=N–C) groups is 1. The molecule has 1 aromatic rings. The Labute approximate surface area is 191 Å². The molecule has 1 heterocycles. The van der Waals surface area contributed by atoms with E-state index < -0.39 is 0 Å². The lowest BCUT2D eigenvalue weighted by Gasteiger charge is -2.29. The maximum absolute atomic E-state index is 12.0. The van der Waals surface area contributed by atoms with Crippen molar-refractivity contribution in [3.05, 3.63) is 29.8 Å². The summed E-state index contributed by atoms with van der Waals surface area (Å²) in [4.78, 5) is 19.2. The van der Waals surface area contributed by atoms with Gasteiger partial charge in [-0.25, -0.2) is 0 Å². The van der Waals surface area contributed by atoms with Crippen LogP contribution in [0.5, 0.6) is 5.75 Å². The van der Waals surface area contributed by atoms with Gasteiger partial charge in [-0.3, -0.25) is 9.79 Å². The van der Waals surface area contributed by atoms with Crippen molar-refractivity contribution in [3.8, 4) is 5.75 Å². The number of phenols is 1. The number of amides is 1. The van der Waals surface area contributed by atoms with Gasteiger partial charge in [0, 0.05) is 31.7 Å². The van der Waals surface area contributed by atoms with Crippen LogP contribution >= 0.6 is 24.0 Å². The zero-order chi connectivity index (χ0) is 20.2. The second-order valence-electron chi connectivity index (χ2n) is 7.37. The third-order valence-corrected chi connectivity index (χ3v) is 4.96. The van der Waals surface area contributed by atoms with Gasteiger partial charge in [0.05, 0.1) is 0 Å². The number of aromatic hydroxyl groups is 1. The van der Waals surface area contributed by atoms with Gasteiger partial charge in [0.2, 0.25) is 0 Å². The van der Waals surface area contributed by atoms with Crippen molar-refractivity contribution in [1.82, 2.24) is 20.9 Å². The molecule has 0 saturated carbocycles. The molecule has 4 N–H and O–H groups in total. The Morgan fingerprint density at radius 1 is 1.14 bits per heavy atom. The van der Waals surface area contributed by atoms with E-state index in [1.54, 1.807) is 12.1 Å². The van der Waals surface area contributed by atoms with Crippen LogP contribution in [0, 0.1) is 5.92 Å². The zero-order valence-electron chi connectivity index (χ0n) is 17.6. The van der Waals surface area contributed by atoms with Crippen LogP contribution in [0.4, 0.5) is 0 Å². The number of guanidine groups is 1. The Kier molecular flexibility index (Phi) is 12.7. The average molecular weight is 517 g/mol. The Morgan fingerprint density at radius 3 is 2.45 bits per heavy atom. The highest BCUT2D eigenvalue weighted by Crippen LogP contribution is 2.15. The molecule has 0 radical (unpaired) electrons. The molecule has 1 amide bonds. The van der Waals surface area contributed by atoms with Gasteiger partial charge in [0.1, 0.15) is 5.75 Å². The molecular weight excluding hydrogens is 481 g/mol. The molecule has 8 heteroatoms. The standard InChI is InChI=1S/C21H35N5O2.HI/c1-3-22-21(24-11-4-14-26-15-9-17(2)10-16-26)25-13-12-23-20(28)18-5-7-19(27)8-6-18;/h5-8,17,27H,3-4,9-16H2,1-2H3,(H,23,28)(H2,22,24,25);1H.